The van der Waals surface area contributed by atoms with Gasteiger partial charge < -0.3 is 14.2 Å². The Morgan fingerprint density at radius 2 is 2.31 bits per heavy atom. The molecule has 2 aromatic heterocycles. The fourth-order valence-electron chi connectivity index (χ4n) is 3.43. The minimum absolute atomic E-state index is 0.00512. The van der Waals surface area contributed by atoms with Gasteiger partial charge in [-0.05, 0) is 17.7 Å². The van der Waals surface area contributed by atoms with Crippen molar-refractivity contribution in [1.29, 1.82) is 0 Å². The van der Waals surface area contributed by atoms with Crippen LogP contribution in [0.15, 0.2) is 49.2 Å². The van der Waals surface area contributed by atoms with Crippen molar-refractivity contribution in [2.75, 3.05) is 20.2 Å². The summed E-state index contributed by atoms with van der Waals surface area (Å²) < 4.78 is 7.55. The summed E-state index contributed by atoms with van der Waals surface area (Å²) in [7, 11) is 1.66. The van der Waals surface area contributed by atoms with Crippen molar-refractivity contribution in [2.45, 2.75) is 18.6 Å². The average Bonchev–Trinajstić information content (AvgIpc) is 3.41. The van der Waals surface area contributed by atoms with Crippen LogP contribution in [0.5, 0.6) is 0 Å². The van der Waals surface area contributed by atoms with E-state index in [4.69, 9.17) is 4.74 Å². The number of carbonyl (C=O) groups is 1. The normalized spacial score (nSPS) is 19.8. The zero-order valence-electron chi connectivity index (χ0n) is 14.4. The van der Waals surface area contributed by atoms with E-state index in [2.05, 4.69) is 20.4 Å². The zero-order valence-corrected chi connectivity index (χ0v) is 14.4. The molecule has 1 aliphatic rings. The molecule has 134 valence electrons. The fraction of sp³-hybridized carbons (Fsp3) is 0.333. The fourth-order valence-corrected chi connectivity index (χ4v) is 3.43. The first-order valence-electron chi connectivity index (χ1n) is 8.47. The second-order valence-electron chi connectivity index (χ2n) is 6.42. The summed E-state index contributed by atoms with van der Waals surface area (Å²) in [5, 5.41) is 10.7. The number of hydrogen-bond acceptors (Lipinski definition) is 5. The molecule has 0 spiro atoms. The summed E-state index contributed by atoms with van der Waals surface area (Å²) in [5.41, 5.74) is 2.56. The Morgan fingerprint density at radius 1 is 1.38 bits per heavy atom. The van der Waals surface area contributed by atoms with Crippen LogP contribution in [0.1, 0.15) is 27.5 Å². The summed E-state index contributed by atoms with van der Waals surface area (Å²) in [6.45, 7) is 1.79. The lowest BCUT2D eigenvalue weighted by molar-refractivity contribution is 0.0714. The molecule has 0 unspecified atom stereocenters. The van der Waals surface area contributed by atoms with Crippen LogP contribution in [0.2, 0.25) is 0 Å². The number of benzene rings is 1. The van der Waals surface area contributed by atoms with Crippen LogP contribution in [-0.2, 0) is 11.3 Å². The van der Waals surface area contributed by atoms with Crippen molar-refractivity contribution in [2.24, 2.45) is 0 Å². The van der Waals surface area contributed by atoms with Gasteiger partial charge in [0.1, 0.15) is 0 Å². The Kier molecular flexibility index (Phi) is 4.49. The molecule has 1 amide bonds. The van der Waals surface area contributed by atoms with Gasteiger partial charge in [-0.1, -0.05) is 12.1 Å². The number of H-pyrrole nitrogens is 1. The largest absolute Gasteiger partial charge is 0.379 e. The van der Waals surface area contributed by atoms with Gasteiger partial charge in [0.2, 0.25) is 0 Å². The summed E-state index contributed by atoms with van der Waals surface area (Å²) in [5.74, 6) is 0.0300. The van der Waals surface area contributed by atoms with Crippen molar-refractivity contribution >= 4 is 5.91 Å². The highest BCUT2D eigenvalue weighted by Gasteiger charge is 2.38. The second-order valence-corrected chi connectivity index (χ2v) is 6.42. The van der Waals surface area contributed by atoms with Gasteiger partial charge in [0.15, 0.2) is 0 Å². The molecule has 0 radical (unpaired) electrons. The SMILES string of the molecule is CO[C@@H]1CN(C(=O)c2cccc(Cn3ccnc3)c2)C[C@H]1c1cn[nH]n1. The average molecular weight is 352 g/mol. The summed E-state index contributed by atoms with van der Waals surface area (Å²) >= 11 is 0. The lowest BCUT2D eigenvalue weighted by atomic mass is 10.0. The Labute approximate surface area is 150 Å². The smallest absolute Gasteiger partial charge is 0.253 e. The molecular formula is C18H20N6O2. The molecule has 1 saturated heterocycles. The third-order valence-corrected chi connectivity index (χ3v) is 4.77. The van der Waals surface area contributed by atoms with Crippen LogP contribution in [0, 0.1) is 0 Å². The zero-order chi connectivity index (χ0) is 17.9. The van der Waals surface area contributed by atoms with Gasteiger partial charge in [0.05, 0.1) is 30.2 Å². The van der Waals surface area contributed by atoms with Gasteiger partial charge in [0, 0.05) is 44.7 Å². The molecule has 26 heavy (non-hydrogen) atoms. The Balaban J connectivity index is 1.51. The lowest BCUT2D eigenvalue weighted by Gasteiger charge is -2.16. The van der Waals surface area contributed by atoms with Crippen molar-refractivity contribution in [3.05, 3.63) is 66.0 Å². The molecule has 0 saturated carbocycles. The first-order chi connectivity index (χ1) is 12.7. The maximum atomic E-state index is 13.0. The van der Waals surface area contributed by atoms with Crippen LogP contribution in [0.4, 0.5) is 0 Å². The van der Waals surface area contributed by atoms with E-state index in [0.29, 0.717) is 25.2 Å². The van der Waals surface area contributed by atoms with Gasteiger partial charge in [-0.15, -0.1) is 0 Å². The first-order valence-corrected chi connectivity index (χ1v) is 8.47. The number of likely N-dealkylation sites (tertiary alicyclic amines) is 1. The number of aromatic amines is 1. The molecule has 0 aliphatic carbocycles. The molecule has 8 nitrogen and oxygen atoms in total. The number of nitrogens with one attached hydrogen (secondary N) is 1. The molecule has 1 fully saturated rings. The topological polar surface area (TPSA) is 88.9 Å². The van der Waals surface area contributed by atoms with E-state index < -0.39 is 0 Å². The third kappa shape index (κ3) is 3.23. The predicted molar refractivity (Wildman–Crippen MR) is 93.6 cm³/mol. The minimum Gasteiger partial charge on any atom is -0.379 e. The highest BCUT2D eigenvalue weighted by molar-refractivity contribution is 5.94. The Bertz CT molecular complexity index is 862. The number of aromatic nitrogens is 5. The maximum absolute atomic E-state index is 13.0. The van der Waals surface area contributed by atoms with E-state index in [0.717, 1.165) is 11.3 Å². The first kappa shape index (κ1) is 16.5. The van der Waals surface area contributed by atoms with E-state index in [9.17, 15) is 4.79 Å². The van der Waals surface area contributed by atoms with Crippen molar-refractivity contribution in [1.82, 2.24) is 29.9 Å². The van der Waals surface area contributed by atoms with Crippen LogP contribution in [-0.4, -0.2) is 62.1 Å². The van der Waals surface area contributed by atoms with E-state index in [-0.39, 0.29) is 17.9 Å². The van der Waals surface area contributed by atoms with Crippen LogP contribution in [0.25, 0.3) is 0 Å². The van der Waals surface area contributed by atoms with E-state index in [1.165, 1.54) is 0 Å². The minimum atomic E-state index is -0.0850. The number of carbonyl (C=O) groups excluding carboxylic acids is 1. The molecule has 1 aliphatic heterocycles. The maximum Gasteiger partial charge on any atom is 0.253 e. The molecule has 3 heterocycles. The third-order valence-electron chi connectivity index (χ3n) is 4.77. The van der Waals surface area contributed by atoms with E-state index in [1.54, 1.807) is 25.8 Å². The Hall–Kier alpha value is -3.00. The number of amides is 1. The van der Waals surface area contributed by atoms with Gasteiger partial charge in [-0.25, -0.2) is 4.98 Å². The number of nitrogens with zero attached hydrogens (tertiary/aromatic N) is 5. The van der Waals surface area contributed by atoms with E-state index in [1.807, 2.05) is 39.9 Å². The number of imidazole rings is 1. The number of hydrogen-bond donors (Lipinski definition) is 1. The molecule has 2 atom stereocenters. The van der Waals surface area contributed by atoms with Crippen LogP contribution >= 0.6 is 0 Å². The Morgan fingerprint density at radius 3 is 3.04 bits per heavy atom. The molecule has 1 N–H and O–H groups in total. The summed E-state index contributed by atoms with van der Waals surface area (Å²) in [6.07, 6.45) is 7.02. The molecule has 0 bridgehead atoms. The summed E-state index contributed by atoms with van der Waals surface area (Å²) in [4.78, 5) is 18.9. The second kappa shape index (κ2) is 7.09. The standard InChI is InChI=1S/C18H20N6O2/c1-26-17-11-24(10-15(17)16-8-20-22-21-16)18(25)14-4-2-3-13(7-14)9-23-6-5-19-12-23/h2-8,12,15,17H,9-11H2,1H3,(H,20,21,22)/t15-,17+/m0/s1. The quantitative estimate of drug-likeness (QED) is 0.748. The molecule has 4 rings (SSSR count). The van der Waals surface area contributed by atoms with Gasteiger partial charge in [-0.2, -0.15) is 15.4 Å². The highest BCUT2D eigenvalue weighted by Crippen LogP contribution is 2.29. The van der Waals surface area contributed by atoms with Gasteiger partial charge in [0.25, 0.3) is 5.91 Å². The predicted octanol–water partition coefficient (Wildman–Crippen LogP) is 1.30. The number of ether oxygens (including phenoxy) is 1. The van der Waals surface area contributed by atoms with Gasteiger partial charge in [-0.3, -0.25) is 4.79 Å². The van der Waals surface area contributed by atoms with Crippen molar-refractivity contribution < 1.29 is 9.53 Å². The number of methoxy groups -OCH3 is 1. The number of rotatable bonds is 5. The van der Waals surface area contributed by atoms with Gasteiger partial charge >= 0.3 is 0 Å². The lowest BCUT2D eigenvalue weighted by Crippen LogP contribution is -2.30. The highest BCUT2D eigenvalue weighted by atomic mass is 16.5. The van der Waals surface area contributed by atoms with Crippen molar-refractivity contribution in [3.63, 3.8) is 0 Å². The summed E-state index contributed by atoms with van der Waals surface area (Å²) in [6, 6.07) is 7.72. The molecular weight excluding hydrogens is 332 g/mol. The van der Waals surface area contributed by atoms with Crippen LogP contribution < -0.4 is 0 Å². The van der Waals surface area contributed by atoms with Crippen LogP contribution in [0.3, 0.4) is 0 Å². The molecule has 3 aromatic rings. The molecule has 8 heteroatoms. The van der Waals surface area contributed by atoms with Crippen molar-refractivity contribution in [3.8, 4) is 0 Å². The monoisotopic (exact) mass is 352 g/mol. The molecule has 1 aromatic carbocycles. The van der Waals surface area contributed by atoms with E-state index >= 15 is 0 Å².